The van der Waals surface area contributed by atoms with Crippen molar-refractivity contribution in [2.45, 2.75) is 46.1 Å². The van der Waals surface area contributed by atoms with Gasteiger partial charge in [-0.2, -0.15) is 0 Å². The van der Waals surface area contributed by atoms with Crippen molar-refractivity contribution in [2.75, 3.05) is 26.4 Å². The van der Waals surface area contributed by atoms with Crippen molar-refractivity contribution < 1.29 is 23.8 Å². The van der Waals surface area contributed by atoms with E-state index in [1.165, 1.54) is 0 Å². The van der Waals surface area contributed by atoms with Gasteiger partial charge in [0.2, 0.25) is 0 Å². The second-order valence-corrected chi connectivity index (χ2v) is 5.27. The summed E-state index contributed by atoms with van der Waals surface area (Å²) in [7, 11) is 0. The van der Waals surface area contributed by atoms with Crippen LogP contribution in [0.1, 0.15) is 40.0 Å². The smallest absolute Gasteiger partial charge is 0.319 e. The Morgan fingerprint density at radius 1 is 1.32 bits per heavy atom. The average molecular weight is 272 g/mol. The van der Waals surface area contributed by atoms with Crippen molar-refractivity contribution in [1.82, 2.24) is 0 Å². The van der Waals surface area contributed by atoms with Crippen LogP contribution in [0.3, 0.4) is 0 Å². The van der Waals surface area contributed by atoms with E-state index in [1.807, 2.05) is 0 Å². The lowest BCUT2D eigenvalue weighted by Gasteiger charge is -2.24. The Labute approximate surface area is 114 Å². The third-order valence-electron chi connectivity index (χ3n) is 3.29. The van der Waals surface area contributed by atoms with E-state index in [4.69, 9.17) is 14.2 Å². The maximum atomic E-state index is 12.0. The molecule has 1 rings (SSSR count). The monoisotopic (exact) mass is 272 g/mol. The Bertz CT molecular complexity index is 305. The van der Waals surface area contributed by atoms with Gasteiger partial charge in [-0.15, -0.1) is 0 Å². The fourth-order valence-corrected chi connectivity index (χ4v) is 1.83. The first-order valence-corrected chi connectivity index (χ1v) is 6.88. The van der Waals surface area contributed by atoms with E-state index in [0.29, 0.717) is 6.61 Å². The molecule has 1 fully saturated rings. The van der Waals surface area contributed by atoms with Gasteiger partial charge in [0.1, 0.15) is 12.0 Å². The van der Waals surface area contributed by atoms with Crippen LogP contribution >= 0.6 is 0 Å². The van der Waals surface area contributed by atoms with E-state index in [0.717, 1.165) is 25.9 Å². The highest BCUT2D eigenvalue weighted by Crippen LogP contribution is 2.19. The molecule has 0 spiro atoms. The molecule has 0 aromatic heterocycles. The highest BCUT2D eigenvalue weighted by atomic mass is 16.5. The molecule has 1 aliphatic rings. The predicted octanol–water partition coefficient (Wildman–Crippen LogP) is 1.73. The highest BCUT2D eigenvalue weighted by Gasteiger charge is 2.37. The summed E-state index contributed by atoms with van der Waals surface area (Å²) in [6.45, 7) is 6.20. The molecule has 19 heavy (non-hydrogen) atoms. The van der Waals surface area contributed by atoms with Crippen LogP contribution in [0.5, 0.6) is 0 Å². The van der Waals surface area contributed by atoms with Crippen molar-refractivity contribution in [3.8, 4) is 0 Å². The second-order valence-electron chi connectivity index (χ2n) is 5.27. The molecule has 110 valence electrons. The highest BCUT2D eigenvalue weighted by molar-refractivity contribution is 6.03. The van der Waals surface area contributed by atoms with Crippen LogP contribution in [0.15, 0.2) is 0 Å². The quantitative estimate of drug-likeness (QED) is 0.522. The van der Waals surface area contributed by atoms with E-state index < -0.39 is 11.4 Å². The van der Waals surface area contributed by atoms with Crippen molar-refractivity contribution in [2.24, 2.45) is 5.41 Å². The maximum absolute atomic E-state index is 12.0. The molecule has 0 amide bonds. The number of hydrogen-bond donors (Lipinski definition) is 0. The molecule has 0 aromatic carbocycles. The van der Waals surface area contributed by atoms with Crippen molar-refractivity contribution in [3.05, 3.63) is 0 Å². The average Bonchev–Trinajstić information content (AvgIpc) is 2.40. The summed E-state index contributed by atoms with van der Waals surface area (Å²) in [5.74, 6) is -0.765. The van der Waals surface area contributed by atoms with Gasteiger partial charge >= 0.3 is 5.97 Å². The van der Waals surface area contributed by atoms with Gasteiger partial charge in [0.05, 0.1) is 19.3 Å². The molecule has 0 N–H and O–H groups in total. The molecule has 5 nitrogen and oxygen atoms in total. The fraction of sp³-hybridized carbons (Fsp3) is 0.857. The molecular formula is C14H24O5. The Morgan fingerprint density at radius 2 is 2.05 bits per heavy atom. The minimum absolute atomic E-state index is 0.0762. The van der Waals surface area contributed by atoms with Gasteiger partial charge in [-0.1, -0.05) is 0 Å². The fourth-order valence-electron chi connectivity index (χ4n) is 1.83. The van der Waals surface area contributed by atoms with Crippen molar-refractivity contribution in [3.63, 3.8) is 0 Å². The second kappa shape index (κ2) is 7.60. The lowest BCUT2D eigenvalue weighted by atomic mass is 9.88. The number of ketones is 1. The standard InChI is InChI=1S/C14H24O5/c1-4-18-13(16)14(2,3)12(15)10-17-9-11-7-5-6-8-19-11/h11H,4-10H2,1-3H3. The van der Waals surface area contributed by atoms with Gasteiger partial charge in [-0.3, -0.25) is 9.59 Å². The van der Waals surface area contributed by atoms with Gasteiger partial charge in [-0.05, 0) is 40.0 Å². The van der Waals surface area contributed by atoms with E-state index in [-0.39, 0.29) is 25.1 Å². The largest absolute Gasteiger partial charge is 0.465 e. The van der Waals surface area contributed by atoms with Crippen LogP contribution in [-0.2, 0) is 23.8 Å². The molecule has 0 aliphatic carbocycles. The van der Waals surface area contributed by atoms with E-state index >= 15 is 0 Å². The molecule has 1 aliphatic heterocycles. The van der Waals surface area contributed by atoms with E-state index in [1.54, 1.807) is 20.8 Å². The molecular weight excluding hydrogens is 248 g/mol. The van der Waals surface area contributed by atoms with Crippen LogP contribution in [0, 0.1) is 5.41 Å². The number of carbonyl (C=O) groups is 2. The third-order valence-corrected chi connectivity index (χ3v) is 3.29. The predicted molar refractivity (Wildman–Crippen MR) is 69.8 cm³/mol. The van der Waals surface area contributed by atoms with Gasteiger partial charge in [0.25, 0.3) is 0 Å². The molecule has 0 radical (unpaired) electrons. The van der Waals surface area contributed by atoms with E-state index in [2.05, 4.69) is 0 Å². The number of Topliss-reactive ketones (excluding diaryl/α,β-unsaturated/α-hetero) is 1. The van der Waals surface area contributed by atoms with Crippen LogP contribution < -0.4 is 0 Å². The molecule has 0 saturated carbocycles. The van der Waals surface area contributed by atoms with Gasteiger partial charge in [-0.25, -0.2) is 0 Å². The number of rotatable bonds is 7. The SMILES string of the molecule is CCOC(=O)C(C)(C)C(=O)COCC1CCCCO1. The van der Waals surface area contributed by atoms with Crippen LogP contribution in [0.2, 0.25) is 0 Å². The lowest BCUT2D eigenvalue weighted by molar-refractivity contribution is -0.159. The topological polar surface area (TPSA) is 61.8 Å². The van der Waals surface area contributed by atoms with Gasteiger partial charge in [0.15, 0.2) is 5.78 Å². The number of hydrogen-bond acceptors (Lipinski definition) is 5. The summed E-state index contributed by atoms with van der Waals surface area (Å²) in [5, 5.41) is 0. The minimum Gasteiger partial charge on any atom is -0.465 e. The summed E-state index contributed by atoms with van der Waals surface area (Å²) < 4.78 is 15.8. The first-order chi connectivity index (χ1) is 8.98. The Kier molecular flexibility index (Phi) is 6.45. The molecule has 1 atom stereocenters. The number of esters is 1. The number of ether oxygens (including phenoxy) is 3. The van der Waals surface area contributed by atoms with Crippen LogP contribution in [0.25, 0.3) is 0 Å². The molecule has 5 heteroatoms. The third kappa shape index (κ3) is 4.91. The lowest BCUT2D eigenvalue weighted by Crippen LogP contribution is -2.38. The van der Waals surface area contributed by atoms with Gasteiger partial charge < -0.3 is 14.2 Å². The molecule has 1 heterocycles. The zero-order valence-corrected chi connectivity index (χ0v) is 12.1. The summed E-state index contributed by atoms with van der Waals surface area (Å²) >= 11 is 0. The normalized spacial score (nSPS) is 20.1. The van der Waals surface area contributed by atoms with Crippen LogP contribution in [0.4, 0.5) is 0 Å². The summed E-state index contributed by atoms with van der Waals surface area (Å²) in [6.07, 6.45) is 3.27. The first-order valence-electron chi connectivity index (χ1n) is 6.88. The van der Waals surface area contributed by atoms with Gasteiger partial charge in [0, 0.05) is 6.61 Å². The van der Waals surface area contributed by atoms with Crippen molar-refractivity contribution in [1.29, 1.82) is 0 Å². The summed E-state index contributed by atoms with van der Waals surface area (Å²) in [6, 6.07) is 0. The summed E-state index contributed by atoms with van der Waals surface area (Å²) in [4.78, 5) is 23.6. The molecule has 1 unspecified atom stereocenters. The minimum atomic E-state index is -1.15. The molecule has 0 aromatic rings. The zero-order chi connectivity index (χ0) is 14.3. The Hall–Kier alpha value is -0.940. The Balaban J connectivity index is 2.31. The first kappa shape index (κ1) is 16.1. The molecule has 1 saturated heterocycles. The van der Waals surface area contributed by atoms with E-state index in [9.17, 15) is 9.59 Å². The number of carbonyl (C=O) groups excluding carboxylic acids is 2. The maximum Gasteiger partial charge on any atom is 0.319 e. The Morgan fingerprint density at radius 3 is 2.63 bits per heavy atom. The van der Waals surface area contributed by atoms with Crippen molar-refractivity contribution >= 4 is 11.8 Å². The van der Waals surface area contributed by atoms with Crippen LogP contribution in [-0.4, -0.2) is 44.3 Å². The molecule has 0 bridgehead atoms. The zero-order valence-electron chi connectivity index (χ0n) is 12.1. The summed E-state index contributed by atoms with van der Waals surface area (Å²) in [5.41, 5.74) is -1.15.